The normalized spacial score (nSPS) is 13.0. The number of halogens is 1. The fourth-order valence-corrected chi connectivity index (χ4v) is 9.43. The Bertz CT molecular complexity index is 717. The van der Waals surface area contributed by atoms with Crippen LogP contribution in [-0.4, -0.2) is 5.52 Å². The van der Waals surface area contributed by atoms with Gasteiger partial charge in [-0.1, -0.05) is 0 Å². The number of hydrogen-bond acceptors (Lipinski definition) is 1. The van der Waals surface area contributed by atoms with Crippen LogP contribution in [0.5, 0.6) is 0 Å². The van der Waals surface area contributed by atoms with E-state index in [4.69, 9.17) is 0 Å². The Morgan fingerprint density at radius 2 is 0.913 bits per heavy atom. The molecule has 0 atom stereocenters. The fraction of sp³-hybridized carbons (Fsp3) is 0.0500. The predicted molar refractivity (Wildman–Crippen MR) is 105 cm³/mol. The van der Waals surface area contributed by atoms with E-state index in [-0.39, 0.29) is 5.52 Å². The van der Waals surface area contributed by atoms with E-state index in [1.54, 1.807) is 6.92 Å². The van der Waals surface area contributed by atoms with E-state index >= 15 is 0 Å². The Balaban J connectivity index is 2.50. The molecule has 3 aromatic rings. The molecule has 0 unspecified atom stereocenters. The summed E-state index contributed by atoms with van der Waals surface area (Å²) in [5, 5.41) is -0.243. The quantitative estimate of drug-likeness (QED) is 0.610. The summed E-state index contributed by atoms with van der Waals surface area (Å²) in [6, 6.07) is 30.2. The van der Waals surface area contributed by atoms with E-state index in [0.717, 1.165) is 15.9 Å². The van der Waals surface area contributed by atoms with Crippen LogP contribution in [0.2, 0.25) is 0 Å². The summed E-state index contributed by atoms with van der Waals surface area (Å²) in [4.78, 5) is 13.2. The molecule has 3 aromatic carbocycles. The number of benzene rings is 3. The van der Waals surface area contributed by atoms with Gasteiger partial charge in [-0.3, -0.25) is 0 Å². The molecule has 0 aromatic heterocycles. The second-order valence-corrected chi connectivity index (χ2v) is 14.0. The molecule has 116 valence electrons. The van der Waals surface area contributed by atoms with Crippen molar-refractivity contribution in [3.63, 3.8) is 0 Å². The zero-order chi connectivity index (χ0) is 16.4. The second kappa shape index (κ2) is 6.03. The maximum absolute atomic E-state index is 13.2. The van der Waals surface area contributed by atoms with Crippen LogP contribution in [0.3, 0.4) is 0 Å². The van der Waals surface area contributed by atoms with Gasteiger partial charge in [0, 0.05) is 0 Å². The Labute approximate surface area is 145 Å². The van der Waals surface area contributed by atoms with Gasteiger partial charge in [-0.05, 0) is 0 Å². The van der Waals surface area contributed by atoms with Gasteiger partial charge in [0.1, 0.15) is 0 Å². The summed E-state index contributed by atoms with van der Waals surface area (Å²) < 4.78 is 0. The Morgan fingerprint density at radius 3 is 1.13 bits per heavy atom. The molecule has 0 radical (unpaired) electrons. The summed E-state index contributed by atoms with van der Waals surface area (Å²) in [5.41, 5.74) is 0.152. The minimum atomic E-state index is -3.34. The van der Waals surface area contributed by atoms with Crippen molar-refractivity contribution in [1.82, 2.24) is 0 Å². The molecule has 0 heterocycles. The first kappa shape index (κ1) is 16.1. The monoisotopic (exact) mass is 384 g/mol. The average molecular weight is 385 g/mol. The first-order chi connectivity index (χ1) is 11.1. The molecule has 3 heteroatoms. The summed E-state index contributed by atoms with van der Waals surface area (Å²) >= 11 is 4.06. The average Bonchev–Trinajstić information content (AvgIpc) is 2.63. The van der Waals surface area contributed by atoms with Crippen LogP contribution in [-0.2, 0) is 4.79 Å². The van der Waals surface area contributed by atoms with E-state index in [9.17, 15) is 4.79 Å². The van der Waals surface area contributed by atoms with Crippen LogP contribution in [0.4, 0.5) is 0 Å². The third kappa shape index (κ3) is 2.29. The Morgan fingerprint density at radius 1 is 0.652 bits per heavy atom. The van der Waals surface area contributed by atoms with E-state index < -0.39 is 5.31 Å². The molecule has 3 rings (SSSR count). The Hall–Kier alpha value is -1.76. The van der Waals surface area contributed by atoms with Crippen LogP contribution >= 0.6 is 20.8 Å². The molecule has 0 aliphatic rings. The van der Waals surface area contributed by atoms with Crippen molar-refractivity contribution >= 4 is 42.2 Å². The van der Waals surface area contributed by atoms with Crippen molar-refractivity contribution in [2.75, 3.05) is 0 Å². The van der Waals surface area contributed by atoms with Crippen molar-refractivity contribution in [2.24, 2.45) is 0 Å². The fourth-order valence-electron chi connectivity index (χ4n) is 3.12. The summed E-state index contributed by atoms with van der Waals surface area (Å²) in [5.74, 6) is 0. The van der Waals surface area contributed by atoms with Gasteiger partial charge in [-0.15, -0.1) is 0 Å². The number of hydrogen-bond donors (Lipinski definition) is 0. The molecule has 0 N–H and O–H groups in total. The van der Waals surface area contributed by atoms with E-state index in [0.29, 0.717) is 0 Å². The van der Waals surface area contributed by atoms with Gasteiger partial charge >= 0.3 is 145 Å². The number of carbonyl (C=O) groups is 1. The van der Waals surface area contributed by atoms with Gasteiger partial charge in [-0.25, -0.2) is 0 Å². The molecule has 0 aliphatic heterocycles. The van der Waals surface area contributed by atoms with Gasteiger partial charge in [-0.2, -0.15) is 0 Å². The number of rotatable bonds is 4. The Kier molecular flexibility index (Phi) is 4.23. The van der Waals surface area contributed by atoms with E-state index in [1.165, 1.54) is 0 Å². The third-order valence-corrected chi connectivity index (χ3v) is 14.5. The molecule has 0 saturated heterocycles. The van der Waals surface area contributed by atoms with Crippen molar-refractivity contribution in [1.29, 1.82) is 0 Å². The van der Waals surface area contributed by atoms with Crippen LogP contribution in [0.25, 0.3) is 0 Å². The van der Waals surface area contributed by atoms with E-state index in [2.05, 4.69) is 15.5 Å². The van der Waals surface area contributed by atoms with Crippen LogP contribution in [0.1, 0.15) is 6.92 Å². The molecule has 23 heavy (non-hydrogen) atoms. The van der Waals surface area contributed by atoms with Crippen LogP contribution < -0.4 is 15.9 Å². The summed E-state index contributed by atoms with van der Waals surface area (Å²) in [6.07, 6.45) is 0. The van der Waals surface area contributed by atoms with Crippen molar-refractivity contribution in [3.8, 4) is 0 Å². The van der Waals surface area contributed by atoms with E-state index in [1.807, 2.05) is 91.0 Å². The first-order valence-corrected chi connectivity index (χ1v) is 11.8. The van der Waals surface area contributed by atoms with Crippen LogP contribution in [0.15, 0.2) is 91.0 Å². The molecule has 0 aliphatic carbocycles. The number of carbonyl (C=O) groups excluding carboxylic acids is 1. The van der Waals surface area contributed by atoms with Crippen LogP contribution in [0, 0.1) is 0 Å². The summed E-state index contributed by atoms with van der Waals surface area (Å²) in [7, 11) is 0. The standard InChI is InChI=1S/C20H18BrOP/c1-17(22)23(21,18-11-5-2-6-12-18,19-13-7-3-8-14-19)20-15-9-4-10-16-20/h2-16H,1H3. The SMILES string of the molecule is CC(=O)P(Br)(c1ccccc1)(c1ccccc1)c1ccccc1. The zero-order valence-corrected chi connectivity index (χ0v) is 15.4. The summed E-state index contributed by atoms with van der Waals surface area (Å²) in [6.45, 7) is 1.69. The van der Waals surface area contributed by atoms with Gasteiger partial charge in [0.25, 0.3) is 0 Å². The molecule has 1 nitrogen and oxygen atoms in total. The zero-order valence-electron chi connectivity index (χ0n) is 12.9. The maximum atomic E-state index is 13.2. The molecule has 0 saturated carbocycles. The van der Waals surface area contributed by atoms with Crippen molar-refractivity contribution in [3.05, 3.63) is 91.0 Å². The van der Waals surface area contributed by atoms with Gasteiger partial charge in [0.15, 0.2) is 0 Å². The first-order valence-electron chi connectivity index (χ1n) is 7.50. The molecule has 0 bridgehead atoms. The third-order valence-electron chi connectivity index (χ3n) is 4.31. The van der Waals surface area contributed by atoms with Crippen molar-refractivity contribution in [2.45, 2.75) is 6.92 Å². The van der Waals surface area contributed by atoms with Gasteiger partial charge in [0.2, 0.25) is 0 Å². The molecule has 0 spiro atoms. The minimum absolute atomic E-state index is 0.152. The van der Waals surface area contributed by atoms with Gasteiger partial charge in [0.05, 0.1) is 0 Å². The molecular formula is C20H18BrOP. The molecular weight excluding hydrogens is 367 g/mol. The van der Waals surface area contributed by atoms with Crippen molar-refractivity contribution < 1.29 is 4.79 Å². The molecule has 0 fully saturated rings. The predicted octanol–water partition coefficient (Wildman–Crippen LogP) is 4.37. The second-order valence-electron chi connectivity index (χ2n) is 5.53. The van der Waals surface area contributed by atoms with Gasteiger partial charge < -0.3 is 0 Å². The molecule has 0 amide bonds. The topological polar surface area (TPSA) is 17.1 Å².